The average molecular weight is 373 g/mol. The van der Waals surface area contributed by atoms with Gasteiger partial charge in [0, 0.05) is 6.04 Å². The van der Waals surface area contributed by atoms with Crippen LogP contribution < -0.4 is 21.1 Å². The average Bonchev–Trinajstić information content (AvgIpc) is 2.57. The maximum absolute atomic E-state index is 12.6. The number of nitrogens with two attached hydrogens (primary N) is 1. The summed E-state index contributed by atoms with van der Waals surface area (Å²) in [5.41, 5.74) is 7.02. The van der Waals surface area contributed by atoms with E-state index in [0.717, 1.165) is 6.42 Å². The molecule has 0 saturated carbocycles. The molecule has 9 heteroatoms. The Morgan fingerprint density at radius 1 is 1.42 bits per heavy atom. The molecule has 3 atom stereocenters. The maximum atomic E-state index is 12.6. The van der Waals surface area contributed by atoms with E-state index in [2.05, 4.69) is 5.32 Å². The van der Waals surface area contributed by atoms with Gasteiger partial charge in [0.2, 0.25) is 0 Å². The first kappa shape index (κ1) is 20.0. The Balaban J connectivity index is 2.22. The van der Waals surface area contributed by atoms with Crippen LogP contribution in [0.4, 0.5) is 18.9 Å². The third kappa shape index (κ3) is 4.66. The molecule has 0 aliphatic carbocycles. The third-order valence-corrected chi connectivity index (χ3v) is 4.20. The predicted octanol–water partition coefficient (Wildman–Crippen LogP) is 2.64. The van der Waals surface area contributed by atoms with Crippen molar-refractivity contribution in [2.45, 2.75) is 57.5 Å². The van der Waals surface area contributed by atoms with Crippen molar-refractivity contribution in [3.8, 4) is 5.75 Å². The minimum atomic E-state index is -4.97. The van der Waals surface area contributed by atoms with Crippen molar-refractivity contribution >= 4 is 17.5 Å². The normalized spacial score (nSPS) is 19.0. The van der Waals surface area contributed by atoms with Crippen molar-refractivity contribution in [3.63, 3.8) is 0 Å². The summed E-state index contributed by atoms with van der Waals surface area (Å²) in [5, 5.41) is 4.64. The van der Waals surface area contributed by atoms with Crippen molar-refractivity contribution in [3.05, 3.63) is 23.8 Å². The summed E-state index contributed by atoms with van der Waals surface area (Å²) in [6.07, 6.45) is -3.95. The van der Waals surface area contributed by atoms with Gasteiger partial charge in [0.1, 0.15) is 5.75 Å². The van der Waals surface area contributed by atoms with E-state index < -0.39 is 30.3 Å². The van der Waals surface area contributed by atoms with E-state index in [1.807, 2.05) is 12.2 Å². The zero-order valence-corrected chi connectivity index (χ0v) is 14.5. The summed E-state index contributed by atoms with van der Waals surface area (Å²) in [5.74, 6) is -1.88. The van der Waals surface area contributed by atoms with Crippen LogP contribution in [0.25, 0.3) is 0 Å². The number of carbonyl (C=O) groups excluding carboxylic acids is 2. The van der Waals surface area contributed by atoms with E-state index in [-0.39, 0.29) is 5.91 Å². The van der Waals surface area contributed by atoms with Crippen LogP contribution in [0, 0.1) is 0 Å². The second-order valence-electron chi connectivity index (χ2n) is 6.25. The number of halogens is 3. The van der Waals surface area contributed by atoms with Crippen molar-refractivity contribution in [2.75, 3.05) is 5.32 Å². The molecule has 1 heterocycles. The topological polar surface area (TPSA) is 93.5 Å². The number of anilines is 1. The Morgan fingerprint density at radius 3 is 2.73 bits per heavy atom. The van der Waals surface area contributed by atoms with Gasteiger partial charge in [0.05, 0.1) is 11.7 Å². The molecular weight excluding hydrogens is 351 g/mol. The summed E-state index contributed by atoms with van der Waals surface area (Å²) in [4.78, 5) is 23.0. The fourth-order valence-electron chi connectivity index (χ4n) is 2.68. The Morgan fingerprint density at radius 2 is 2.12 bits per heavy atom. The first-order chi connectivity index (χ1) is 12.1. The molecule has 2 amide bonds. The highest BCUT2D eigenvalue weighted by atomic mass is 19.4. The van der Waals surface area contributed by atoms with Crippen molar-refractivity contribution in [2.24, 2.45) is 5.73 Å². The van der Waals surface area contributed by atoms with E-state index in [1.54, 1.807) is 25.1 Å². The largest absolute Gasteiger partial charge is 0.479 e. The Bertz CT molecular complexity index is 679. The van der Waals surface area contributed by atoms with Gasteiger partial charge in [-0.1, -0.05) is 25.8 Å². The van der Waals surface area contributed by atoms with E-state index in [1.165, 1.54) is 0 Å². The molecule has 1 aliphatic rings. The molecule has 1 aromatic carbocycles. The summed E-state index contributed by atoms with van der Waals surface area (Å²) in [7, 11) is 0. The molecule has 4 N–H and O–H groups in total. The fraction of sp³-hybridized carbons (Fsp3) is 0.529. The lowest BCUT2D eigenvalue weighted by atomic mass is 9.95. The molecule has 2 rings (SSSR count). The van der Waals surface area contributed by atoms with Crippen molar-refractivity contribution < 1.29 is 27.5 Å². The van der Waals surface area contributed by atoms with Crippen LogP contribution in [0.15, 0.2) is 18.2 Å². The highest BCUT2D eigenvalue weighted by Gasteiger charge is 2.40. The molecule has 1 aliphatic heterocycles. The molecular formula is C17H22F3N3O3. The number of hydrogen-bond donors (Lipinski definition) is 3. The minimum absolute atomic E-state index is 0.302. The van der Waals surface area contributed by atoms with Crippen molar-refractivity contribution in [1.82, 2.24) is 5.32 Å². The van der Waals surface area contributed by atoms with Gasteiger partial charge in [-0.3, -0.25) is 9.59 Å². The van der Waals surface area contributed by atoms with Gasteiger partial charge in [-0.2, -0.15) is 13.2 Å². The number of rotatable bonds is 6. The Hall–Kier alpha value is -2.29. The molecule has 0 aromatic heterocycles. The highest BCUT2D eigenvalue weighted by Crippen LogP contribution is 2.33. The second-order valence-corrected chi connectivity index (χ2v) is 6.25. The molecule has 0 saturated heterocycles. The zero-order valence-electron chi connectivity index (χ0n) is 14.5. The lowest BCUT2D eigenvalue weighted by molar-refractivity contribution is -0.174. The standard InChI is InChI=1S/C17H22F3N3O3/c1-3-4-5-11(23-16(25)17(18,19)20)14(21)10-6-7-13-12(8-10)22-15(24)9(2)26-13/h6-9,11,14H,3-5,21H2,1-2H3,(H,22,24)(H,23,25). The van der Waals surface area contributed by atoms with Crippen LogP contribution in [0.1, 0.15) is 44.7 Å². The van der Waals surface area contributed by atoms with Crippen LogP contribution in [0.3, 0.4) is 0 Å². The van der Waals surface area contributed by atoms with E-state index >= 15 is 0 Å². The Labute approximate surface area is 149 Å². The van der Waals surface area contributed by atoms with Gasteiger partial charge >= 0.3 is 12.1 Å². The first-order valence-corrected chi connectivity index (χ1v) is 8.38. The molecule has 144 valence electrons. The van der Waals surface area contributed by atoms with Crippen LogP contribution in [0.5, 0.6) is 5.75 Å². The lowest BCUT2D eigenvalue weighted by Crippen LogP contribution is -2.47. The molecule has 3 unspecified atom stereocenters. The summed E-state index contributed by atoms with van der Waals surface area (Å²) in [6, 6.07) is 3.02. The van der Waals surface area contributed by atoms with Gasteiger partial charge in [0.25, 0.3) is 5.91 Å². The van der Waals surface area contributed by atoms with Crippen LogP contribution in [-0.2, 0) is 9.59 Å². The monoisotopic (exact) mass is 373 g/mol. The van der Waals surface area contributed by atoms with Gasteiger partial charge < -0.3 is 21.1 Å². The molecule has 26 heavy (non-hydrogen) atoms. The molecule has 0 bridgehead atoms. The van der Waals surface area contributed by atoms with Gasteiger partial charge in [0.15, 0.2) is 6.10 Å². The second kappa shape index (κ2) is 7.94. The number of unbranched alkanes of at least 4 members (excludes halogenated alkanes) is 1. The minimum Gasteiger partial charge on any atom is -0.479 e. The number of hydrogen-bond acceptors (Lipinski definition) is 4. The molecule has 0 spiro atoms. The van der Waals surface area contributed by atoms with Gasteiger partial charge in [-0.15, -0.1) is 0 Å². The van der Waals surface area contributed by atoms with E-state index in [9.17, 15) is 22.8 Å². The Kier molecular flexibility index (Phi) is 6.12. The van der Waals surface area contributed by atoms with Crippen molar-refractivity contribution in [1.29, 1.82) is 0 Å². The van der Waals surface area contributed by atoms with Crippen LogP contribution >= 0.6 is 0 Å². The molecule has 1 aromatic rings. The maximum Gasteiger partial charge on any atom is 0.471 e. The summed E-state index contributed by atoms with van der Waals surface area (Å²) in [6.45, 7) is 3.49. The van der Waals surface area contributed by atoms with E-state index in [4.69, 9.17) is 10.5 Å². The SMILES string of the molecule is CCCCC(NC(=O)C(F)(F)F)C(N)c1ccc2c(c1)NC(=O)C(C)O2. The predicted molar refractivity (Wildman–Crippen MR) is 89.6 cm³/mol. The van der Waals surface area contributed by atoms with Gasteiger partial charge in [-0.05, 0) is 31.0 Å². The number of alkyl halides is 3. The molecule has 0 fully saturated rings. The fourth-order valence-corrected chi connectivity index (χ4v) is 2.68. The number of carbonyl (C=O) groups is 2. The number of nitrogens with one attached hydrogen (secondary N) is 2. The van der Waals surface area contributed by atoms with Crippen LogP contribution in [0.2, 0.25) is 0 Å². The third-order valence-electron chi connectivity index (χ3n) is 4.20. The molecule has 6 nitrogen and oxygen atoms in total. The lowest BCUT2D eigenvalue weighted by Gasteiger charge is -2.28. The van der Waals surface area contributed by atoms with E-state index in [0.29, 0.717) is 29.8 Å². The van der Waals surface area contributed by atoms with Gasteiger partial charge in [-0.25, -0.2) is 0 Å². The van der Waals surface area contributed by atoms with Crippen LogP contribution in [-0.4, -0.2) is 30.1 Å². The first-order valence-electron chi connectivity index (χ1n) is 8.38. The summed E-state index contributed by atoms with van der Waals surface area (Å²) < 4.78 is 43.2. The summed E-state index contributed by atoms with van der Waals surface area (Å²) >= 11 is 0. The number of benzene rings is 1. The number of fused-ring (bicyclic) bond motifs is 1. The smallest absolute Gasteiger partial charge is 0.471 e. The number of amides is 2. The highest BCUT2D eigenvalue weighted by molar-refractivity contribution is 5.97. The quantitative estimate of drug-likeness (QED) is 0.715. The zero-order chi connectivity index (χ0) is 19.5. The number of ether oxygens (including phenoxy) is 1. The molecule has 0 radical (unpaired) electrons.